The predicted octanol–water partition coefficient (Wildman–Crippen LogP) is 2.34. The zero-order valence-corrected chi connectivity index (χ0v) is 10.5. The van der Waals surface area contributed by atoms with E-state index in [1.165, 1.54) is 11.3 Å². The van der Waals surface area contributed by atoms with Gasteiger partial charge in [-0.1, -0.05) is 0 Å². The molecule has 2 heterocycles. The summed E-state index contributed by atoms with van der Waals surface area (Å²) in [5.41, 5.74) is 6.71. The molecule has 2 aromatic heterocycles. The second-order valence-corrected chi connectivity index (χ2v) is 4.58. The minimum Gasteiger partial charge on any atom is -0.365 e. The fourth-order valence-corrected chi connectivity index (χ4v) is 2.11. The summed E-state index contributed by atoms with van der Waals surface area (Å²) >= 11 is 6.98. The Morgan fingerprint density at radius 2 is 2.35 bits per heavy atom. The van der Waals surface area contributed by atoms with Crippen LogP contribution in [-0.4, -0.2) is 15.9 Å². The van der Waals surface area contributed by atoms with Crippen molar-refractivity contribution in [3.8, 4) is 0 Å². The van der Waals surface area contributed by atoms with Gasteiger partial charge in [0.1, 0.15) is 10.7 Å². The van der Waals surface area contributed by atoms with Crippen molar-refractivity contribution in [2.45, 2.75) is 6.92 Å². The maximum Gasteiger partial charge on any atom is 0.260 e. The van der Waals surface area contributed by atoms with Crippen LogP contribution in [0.25, 0.3) is 0 Å². The molecule has 2 aromatic rings. The number of rotatable bonds is 3. The van der Waals surface area contributed by atoms with Gasteiger partial charge in [0.05, 0.1) is 5.69 Å². The molecule has 0 spiro atoms. The molecule has 0 aliphatic rings. The van der Waals surface area contributed by atoms with Gasteiger partial charge < -0.3 is 11.1 Å². The lowest BCUT2D eigenvalue weighted by Gasteiger charge is -2.07. The largest absolute Gasteiger partial charge is 0.365 e. The van der Waals surface area contributed by atoms with Gasteiger partial charge in [0, 0.05) is 11.8 Å². The third kappa shape index (κ3) is 2.54. The van der Waals surface area contributed by atoms with E-state index < -0.39 is 5.91 Å². The molecule has 3 N–H and O–H groups in total. The zero-order chi connectivity index (χ0) is 12.4. The molecule has 0 unspecified atom stereocenters. The van der Waals surface area contributed by atoms with E-state index in [0.29, 0.717) is 16.4 Å². The smallest absolute Gasteiger partial charge is 0.260 e. The highest BCUT2D eigenvalue weighted by Crippen LogP contribution is 2.26. The Hall–Kier alpha value is -1.66. The Labute approximate surface area is 107 Å². The van der Waals surface area contributed by atoms with E-state index in [2.05, 4.69) is 15.3 Å². The topological polar surface area (TPSA) is 80.9 Å². The molecule has 1 amide bonds. The Balaban J connectivity index is 2.34. The quantitative estimate of drug-likeness (QED) is 0.837. The molecule has 2 rings (SSSR count). The van der Waals surface area contributed by atoms with Crippen LogP contribution in [-0.2, 0) is 0 Å². The van der Waals surface area contributed by atoms with Gasteiger partial charge in [-0.05, 0) is 30.0 Å². The van der Waals surface area contributed by atoms with Gasteiger partial charge in [0.2, 0.25) is 5.28 Å². The summed E-state index contributed by atoms with van der Waals surface area (Å²) in [6.07, 6.45) is 1.61. The molecule has 0 saturated heterocycles. The lowest BCUT2D eigenvalue weighted by atomic mass is 10.3. The summed E-state index contributed by atoms with van der Waals surface area (Å²) in [6, 6.07) is 1.76. The maximum atomic E-state index is 11.2. The van der Waals surface area contributed by atoms with Crippen LogP contribution in [0.5, 0.6) is 0 Å². The highest BCUT2D eigenvalue weighted by Gasteiger charge is 2.11. The highest BCUT2D eigenvalue weighted by molar-refractivity contribution is 7.12. The lowest BCUT2D eigenvalue weighted by molar-refractivity contribution is 0.100. The van der Waals surface area contributed by atoms with Crippen molar-refractivity contribution < 1.29 is 4.79 Å². The maximum absolute atomic E-state index is 11.2. The van der Waals surface area contributed by atoms with E-state index in [1.807, 2.05) is 6.92 Å². The number of halogens is 1. The fraction of sp³-hybridized carbons (Fsp3) is 0.100. The number of carbonyl (C=O) groups is 1. The molecular formula is C10H9ClN4OS. The Kier molecular flexibility index (Phi) is 3.26. The number of hydrogen-bond donors (Lipinski definition) is 2. The number of aromatic nitrogens is 2. The number of anilines is 2. The van der Waals surface area contributed by atoms with Crippen LogP contribution in [0.1, 0.15) is 15.2 Å². The van der Waals surface area contributed by atoms with Gasteiger partial charge in [-0.15, -0.1) is 11.3 Å². The molecule has 0 bridgehead atoms. The first-order chi connectivity index (χ1) is 8.08. The summed E-state index contributed by atoms with van der Waals surface area (Å²) < 4.78 is 0. The van der Waals surface area contributed by atoms with Gasteiger partial charge >= 0.3 is 0 Å². The molecule has 88 valence electrons. The third-order valence-electron chi connectivity index (χ3n) is 2.08. The van der Waals surface area contributed by atoms with E-state index in [4.69, 9.17) is 17.3 Å². The van der Waals surface area contributed by atoms with E-state index >= 15 is 0 Å². The van der Waals surface area contributed by atoms with Crippen LogP contribution in [0.15, 0.2) is 17.6 Å². The molecule has 0 saturated carbocycles. The Morgan fingerprint density at radius 3 is 3.06 bits per heavy atom. The number of thiophene rings is 1. The molecule has 7 heteroatoms. The molecule has 0 radical (unpaired) electrons. The first-order valence-electron chi connectivity index (χ1n) is 4.71. The van der Waals surface area contributed by atoms with Crippen molar-refractivity contribution in [2.75, 3.05) is 5.32 Å². The lowest BCUT2D eigenvalue weighted by Crippen LogP contribution is -2.11. The van der Waals surface area contributed by atoms with Crippen LogP contribution in [0, 0.1) is 6.92 Å². The van der Waals surface area contributed by atoms with Crippen molar-refractivity contribution in [3.05, 3.63) is 33.4 Å². The van der Waals surface area contributed by atoms with E-state index in [0.717, 1.165) is 5.56 Å². The average Bonchev–Trinajstić information content (AvgIpc) is 2.71. The molecule has 17 heavy (non-hydrogen) atoms. The number of amides is 1. The SMILES string of the molecule is Cc1cnc(Cl)nc1Nc1ccsc1C(N)=O. The number of nitrogens with two attached hydrogens (primary N) is 1. The van der Waals surface area contributed by atoms with Crippen molar-refractivity contribution in [1.29, 1.82) is 0 Å². The predicted molar refractivity (Wildman–Crippen MR) is 67.9 cm³/mol. The molecule has 5 nitrogen and oxygen atoms in total. The van der Waals surface area contributed by atoms with E-state index in [9.17, 15) is 4.79 Å². The minimum atomic E-state index is -0.472. The van der Waals surface area contributed by atoms with E-state index in [1.54, 1.807) is 17.6 Å². The molecule has 0 atom stereocenters. The van der Waals surface area contributed by atoms with Crippen LogP contribution < -0.4 is 11.1 Å². The number of nitrogens with one attached hydrogen (secondary N) is 1. The van der Waals surface area contributed by atoms with Crippen molar-refractivity contribution in [2.24, 2.45) is 5.73 Å². The second kappa shape index (κ2) is 4.68. The number of primary amides is 1. The molecule has 0 fully saturated rings. The number of aryl methyl sites for hydroxylation is 1. The van der Waals surface area contributed by atoms with Crippen molar-refractivity contribution >= 4 is 40.4 Å². The Bertz CT molecular complexity index is 569. The number of carbonyl (C=O) groups excluding carboxylic acids is 1. The van der Waals surface area contributed by atoms with Gasteiger partial charge in [-0.2, -0.15) is 0 Å². The van der Waals surface area contributed by atoms with Crippen LogP contribution >= 0.6 is 22.9 Å². The van der Waals surface area contributed by atoms with Gasteiger partial charge in [-0.25, -0.2) is 9.97 Å². The summed E-state index contributed by atoms with van der Waals surface area (Å²) in [6.45, 7) is 1.84. The van der Waals surface area contributed by atoms with Crippen LogP contribution in [0.2, 0.25) is 5.28 Å². The summed E-state index contributed by atoms with van der Waals surface area (Å²) in [4.78, 5) is 19.5. The highest BCUT2D eigenvalue weighted by atomic mass is 35.5. The first-order valence-corrected chi connectivity index (χ1v) is 5.97. The zero-order valence-electron chi connectivity index (χ0n) is 8.90. The molecule has 0 aliphatic heterocycles. The van der Waals surface area contributed by atoms with Crippen molar-refractivity contribution in [3.63, 3.8) is 0 Å². The summed E-state index contributed by atoms with van der Waals surface area (Å²) in [5, 5.41) is 4.94. The fourth-order valence-electron chi connectivity index (χ4n) is 1.27. The van der Waals surface area contributed by atoms with Gasteiger partial charge in [0.15, 0.2) is 0 Å². The standard InChI is InChI=1S/C10H9ClN4OS/c1-5-4-13-10(11)15-9(5)14-6-2-3-17-7(6)8(12)16/h2-4H,1H3,(H2,12,16)(H,13,14,15). The number of nitrogens with zero attached hydrogens (tertiary/aromatic N) is 2. The van der Waals surface area contributed by atoms with Crippen LogP contribution in [0.3, 0.4) is 0 Å². The molecule has 0 aliphatic carbocycles. The van der Waals surface area contributed by atoms with Crippen LogP contribution in [0.4, 0.5) is 11.5 Å². The first kappa shape index (κ1) is 11.8. The van der Waals surface area contributed by atoms with Crippen molar-refractivity contribution in [1.82, 2.24) is 9.97 Å². The average molecular weight is 269 g/mol. The monoisotopic (exact) mass is 268 g/mol. The number of hydrogen-bond acceptors (Lipinski definition) is 5. The molecular weight excluding hydrogens is 260 g/mol. The summed E-state index contributed by atoms with van der Waals surface area (Å²) in [5.74, 6) is 0.0891. The van der Waals surface area contributed by atoms with Gasteiger partial charge in [-0.3, -0.25) is 4.79 Å². The minimum absolute atomic E-state index is 0.147. The van der Waals surface area contributed by atoms with Gasteiger partial charge in [0.25, 0.3) is 5.91 Å². The normalized spacial score (nSPS) is 10.2. The molecule has 0 aromatic carbocycles. The summed E-state index contributed by atoms with van der Waals surface area (Å²) in [7, 11) is 0. The second-order valence-electron chi connectivity index (χ2n) is 3.32. The Morgan fingerprint density at radius 1 is 1.59 bits per heavy atom. The van der Waals surface area contributed by atoms with E-state index in [-0.39, 0.29) is 5.28 Å². The third-order valence-corrected chi connectivity index (χ3v) is 3.20.